The molecule has 1 atom stereocenters. The van der Waals surface area contributed by atoms with Crippen LogP contribution in [0.25, 0.3) is 0 Å². The molecule has 162 valence electrons. The Morgan fingerprint density at radius 3 is 2.53 bits per heavy atom. The van der Waals surface area contributed by atoms with E-state index in [2.05, 4.69) is 5.32 Å². The van der Waals surface area contributed by atoms with Crippen molar-refractivity contribution in [2.24, 2.45) is 5.92 Å². The summed E-state index contributed by atoms with van der Waals surface area (Å²) in [4.78, 5) is 12.6. The first-order valence-corrected chi connectivity index (χ1v) is 12.0. The number of methoxy groups -OCH3 is 1. The van der Waals surface area contributed by atoms with Crippen LogP contribution in [0.5, 0.6) is 5.75 Å². The predicted octanol–water partition coefficient (Wildman–Crippen LogP) is 2.99. The van der Waals surface area contributed by atoms with Gasteiger partial charge in [-0.05, 0) is 48.9 Å². The van der Waals surface area contributed by atoms with Gasteiger partial charge in [-0.25, -0.2) is 12.7 Å². The summed E-state index contributed by atoms with van der Waals surface area (Å²) in [7, 11) is -1.74. The van der Waals surface area contributed by atoms with Gasteiger partial charge in [0.05, 0.1) is 18.8 Å². The van der Waals surface area contributed by atoms with Crippen molar-refractivity contribution in [1.29, 1.82) is 0 Å². The summed E-state index contributed by atoms with van der Waals surface area (Å²) in [6, 6.07) is 17.4. The lowest BCUT2D eigenvalue weighted by Crippen LogP contribution is -2.46. The number of hydrogen-bond acceptors (Lipinski definition) is 4. The second-order valence-corrected chi connectivity index (χ2v) is 9.76. The Kier molecular flexibility index (Phi) is 7.87. The number of piperidine rings is 1. The monoisotopic (exact) mass is 430 g/mol. The molecule has 0 saturated carbocycles. The molecule has 1 N–H and O–H groups in total. The highest BCUT2D eigenvalue weighted by atomic mass is 32.2. The molecule has 1 amide bonds. The molecule has 6 nitrogen and oxygen atoms in total. The average molecular weight is 431 g/mol. The zero-order valence-electron chi connectivity index (χ0n) is 17.4. The maximum absolute atomic E-state index is 12.8. The predicted molar refractivity (Wildman–Crippen MR) is 118 cm³/mol. The molecule has 2 aromatic rings. The van der Waals surface area contributed by atoms with Gasteiger partial charge in [0.2, 0.25) is 15.9 Å². The summed E-state index contributed by atoms with van der Waals surface area (Å²) in [6.07, 6.45) is 2.74. The zero-order valence-corrected chi connectivity index (χ0v) is 18.2. The molecule has 1 heterocycles. The van der Waals surface area contributed by atoms with Crippen LogP contribution in [0.2, 0.25) is 0 Å². The third kappa shape index (κ3) is 6.31. The number of benzene rings is 2. The number of nitrogens with zero attached hydrogens (tertiary/aromatic N) is 1. The molecule has 1 saturated heterocycles. The topological polar surface area (TPSA) is 75.7 Å². The van der Waals surface area contributed by atoms with Crippen molar-refractivity contribution in [3.8, 4) is 5.75 Å². The van der Waals surface area contributed by atoms with Crippen LogP contribution in [-0.2, 0) is 27.8 Å². The van der Waals surface area contributed by atoms with Crippen LogP contribution in [0.4, 0.5) is 0 Å². The number of carbonyl (C=O) groups is 1. The van der Waals surface area contributed by atoms with Crippen molar-refractivity contribution in [3.63, 3.8) is 0 Å². The van der Waals surface area contributed by atoms with E-state index in [9.17, 15) is 13.2 Å². The molecule has 0 aromatic heterocycles. The Balaban J connectivity index is 1.48. The van der Waals surface area contributed by atoms with E-state index in [1.807, 2.05) is 54.6 Å². The molecule has 0 radical (unpaired) electrons. The molecule has 1 fully saturated rings. The molecule has 30 heavy (non-hydrogen) atoms. The van der Waals surface area contributed by atoms with Crippen LogP contribution in [0.15, 0.2) is 54.6 Å². The van der Waals surface area contributed by atoms with Crippen molar-refractivity contribution in [2.75, 3.05) is 26.0 Å². The normalized spacial score (nSPS) is 17.4. The quantitative estimate of drug-likeness (QED) is 0.664. The maximum Gasteiger partial charge on any atom is 0.224 e. The number of ether oxygens (including phenoxy) is 1. The number of amides is 1. The number of nitrogens with one attached hydrogen (secondary N) is 1. The summed E-state index contributed by atoms with van der Waals surface area (Å²) in [5.41, 5.74) is 2.12. The molecule has 0 aliphatic carbocycles. The maximum atomic E-state index is 12.8. The highest BCUT2D eigenvalue weighted by Gasteiger charge is 2.31. The van der Waals surface area contributed by atoms with Gasteiger partial charge in [0.15, 0.2) is 0 Å². The van der Waals surface area contributed by atoms with E-state index in [1.54, 1.807) is 7.11 Å². The molecule has 0 unspecified atom stereocenters. The van der Waals surface area contributed by atoms with Gasteiger partial charge in [-0.1, -0.05) is 42.5 Å². The summed E-state index contributed by atoms with van der Waals surface area (Å²) in [6.45, 7) is 1.18. The van der Waals surface area contributed by atoms with Crippen LogP contribution in [0.3, 0.4) is 0 Å². The number of aryl methyl sites for hydroxylation is 1. The van der Waals surface area contributed by atoms with Gasteiger partial charge in [-0.15, -0.1) is 0 Å². The van der Waals surface area contributed by atoms with Crippen LogP contribution < -0.4 is 10.1 Å². The SMILES string of the molecule is COc1ccc(CNC(=O)[C@H]2CCCN(S(=O)(=O)CCCc3ccccc3)C2)cc1. The average Bonchev–Trinajstić information content (AvgIpc) is 2.78. The largest absolute Gasteiger partial charge is 0.497 e. The Morgan fingerprint density at radius 2 is 1.83 bits per heavy atom. The minimum atomic E-state index is -3.36. The zero-order chi connectivity index (χ0) is 21.4. The summed E-state index contributed by atoms with van der Waals surface area (Å²) < 4.78 is 32.2. The first kappa shape index (κ1) is 22.3. The van der Waals surface area contributed by atoms with E-state index < -0.39 is 10.0 Å². The fourth-order valence-electron chi connectivity index (χ4n) is 3.72. The number of sulfonamides is 1. The smallest absolute Gasteiger partial charge is 0.224 e. The first-order valence-electron chi connectivity index (χ1n) is 10.4. The van der Waals surface area contributed by atoms with Crippen molar-refractivity contribution >= 4 is 15.9 Å². The Morgan fingerprint density at radius 1 is 1.10 bits per heavy atom. The number of hydrogen-bond donors (Lipinski definition) is 1. The van der Waals surface area contributed by atoms with E-state index in [0.717, 1.165) is 23.3 Å². The lowest BCUT2D eigenvalue weighted by Gasteiger charge is -2.31. The highest BCUT2D eigenvalue weighted by Crippen LogP contribution is 2.21. The van der Waals surface area contributed by atoms with Gasteiger partial charge in [-0.3, -0.25) is 4.79 Å². The lowest BCUT2D eigenvalue weighted by atomic mass is 9.99. The molecule has 2 aromatic carbocycles. The third-order valence-corrected chi connectivity index (χ3v) is 7.41. The fraction of sp³-hybridized carbons (Fsp3) is 0.435. The van der Waals surface area contributed by atoms with Gasteiger partial charge in [0, 0.05) is 19.6 Å². The Labute approximate surface area is 179 Å². The summed E-state index contributed by atoms with van der Waals surface area (Å²) in [5, 5.41) is 2.94. The second-order valence-electron chi connectivity index (χ2n) is 7.67. The minimum absolute atomic E-state index is 0.0880. The van der Waals surface area contributed by atoms with Gasteiger partial charge < -0.3 is 10.1 Å². The van der Waals surface area contributed by atoms with E-state index in [4.69, 9.17) is 4.74 Å². The summed E-state index contributed by atoms with van der Waals surface area (Å²) in [5.74, 6) is 0.489. The van der Waals surface area contributed by atoms with Crippen LogP contribution in [0, 0.1) is 5.92 Å². The molecular weight excluding hydrogens is 400 g/mol. The second kappa shape index (κ2) is 10.6. The highest BCUT2D eigenvalue weighted by molar-refractivity contribution is 7.89. The Bertz CT molecular complexity index is 914. The Hall–Kier alpha value is -2.38. The third-order valence-electron chi connectivity index (χ3n) is 5.48. The van der Waals surface area contributed by atoms with E-state index >= 15 is 0 Å². The van der Waals surface area contributed by atoms with E-state index in [0.29, 0.717) is 32.4 Å². The summed E-state index contributed by atoms with van der Waals surface area (Å²) >= 11 is 0. The standard InChI is InChI=1S/C23H30N2O4S/c1-29-22-13-11-20(12-14-22)17-24-23(26)21-10-5-15-25(18-21)30(27,28)16-6-9-19-7-3-2-4-8-19/h2-4,7-8,11-14,21H,5-6,9-10,15-18H2,1H3,(H,24,26)/t21-/m0/s1. The van der Waals surface area contributed by atoms with Crippen molar-refractivity contribution in [2.45, 2.75) is 32.2 Å². The molecule has 0 bridgehead atoms. The van der Waals surface area contributed by atoms with Gasteiger partial charge in [0.25, 0.3) is 0 Å². The number of carbonyl (C=O) groups excluding carboxylic acids is 1. The van der Waals surface area contributed by atoms with Gasteiger partial charge in [0.1, 0.15) is 5.75 Å². The number of rotatable bonds is 9. The molecule has 3 rings (SSSR count). The van der Waals surface area contributed by atoms with Gasteiger partial charge in [-0.2, -0.15) is 0 Å². The lowest BCUT2D eigenvalue weighted by molar-refractivity contribution is -0.126. The minimum Gasteiger partial charge on any atom is -0.497 e. The molecule has 7 heteroatoms. The molecular formula is C23H30N2O4S. The van der Waals surface area contributed by atoms with Crippen molar-refractivity contribution in [3.05, 3.63) is 65.7 Å². The van der Waals surface area contributed by atoms with Gasteiger partial charge >= 0.3 is 0 Å². The molecule has 1 aliphatic heterocycles. The van der Waals surface area contributed by atoms with Crippen LogP contribution in [-0.4, -0.2) is 44.6 Å². The van der Waals surface area contributed by atoms with E-state index in [-0.39, 0.29) is 24.1 Å². The van der Waals surface area contributed by atoms with Crippen LogP contribution in [0.1, 0.15) is 30.4 Å². The van der Waals surface area contributed by atoms with Crippen LogP contribution >= 0.6 is 0 Å². The van der Waals surface area contributed by atoms with Crippen molar-refractivity contribution in [1.82, 2.24) is 9.62 Å². The van der Waals surface area contributed by atoms with Crippen molar-refractivity contribution < 1.29 is 17.9 Å². The first-order chi connectivity index (χ1) is 14.5. The van der Waals surface area contributed by atoms with E-state index in [1.165, 1.54) is 4.31 Å². The fourth-order valence-corrected chi connectivity index (χ4v) is 5.30. The molecule has 0 spiro atoms. The molecule has 1 aliphatic rings.